The standard InChI is InChI=1S/C12H10Br3N3O2/c1-2-20-12(19)9-11(16)18(5-17-9)10-7(14)3-6(13)4-8(10)15/h3-5H,2,16H2,1H3. The summed E-state index contributed by atoms with van der Waals surface area (Å²) in [5.74, 6) is -0.305. The van der Waals surface area contributed by atoms with Gasteiger partial charge in [-0.15, -0.1) is 0 Å². The van der Waals surface area contributed by atoms with Gasteiger partial charge in [0.1, 0.15) is 12.1 Å². The van der Waals surface area contributed by atoms with E-state index < -0.39 is 5.97 Å². The Kier molecular flexibility index (Phi) is 4.87. The number of hydrogen-bond donors (Lipinski definition) is 1. The fraction of sp³-hybridized carbons (Fsp3) is 0.167. The average molecular weight is 468 g/mol. The molecule has 0 saturated heterocycles. The molecular weight excluding hydrogens is 458 g/mol. The van der Waals surface area contributed by atoms with Gasteiger partial charge in [0.2, 0.25) is 0 Å². The number of carbonyl (C=O) groups excluding carboxylic acids is 1. The minimum absolute atomic E-state index is 0.105. The number of hydrogen-bond acceptors (Lipinski definition) is 4. The Morgan fingerprint density at radius 3 is 2.50 bits per heavy atom. The van der Waals surface area contributed by atoms with Crippen LogP contribution >= 0.6 is 47.8 Å². The summed E-state index contributed by atoms with van der Waals surface area (Å²) in [6, 6.07) is 3.76. The van der Waals surface area contributed by atoms with Crippen LogP contribution in [0.5, 0.6) is 0 Å². The van der Waals surface area contributed by atoms with Crippen molar-refractivity contribution in [1.82, 2.24) is 9.55 Å². The summed E-state index contributed by atoms with van der Waals surface area (Å²) < 4.78 is 9.04. The molecule has 0 aliphatic rings. The van der Waals surface area contributed by atoms with Crippen molar-refractivity contribution in [1.29, 1.82) is 0 Å². The van der Waals surface area contributed by atoms with Gasteiger partial charge >= 0.3 is 5.97 Å². The first-order chi connectivity index (χ1) is 9.45. The molecule has 0 bridgehead atoms. The molecule has 1 aromatic carbocycles. The van der Waals surface area contributed by atoms with E-state index in [1.165, 1.54) is 6.33 Å². The van der Waals surface area contributed by atoms with Crippen LogP contribution in [-0.4, -0.2) is 22.1 Å². The third kappa shape index (κ3) is 2.91. The lowest BCUT2D eigenvalue weighted by Crippen LogP contribution is -2.09. The summed E-state index contributed by atoms with van der Waals surface area (Å²) in [6.45, 7) is 2.00. The molecule has 0 amide bonds. The molecule has 2 aromatic rings. The number of imidazole rings is 1. The summed E-state index contributed by atoms with van der Waals surface area (Å²) in [6.07, 6.45) is 1.49. The van der Waals surface area contributed by atoms with E-state index in [0.717, 1.165) is 19.1 Å². The third-order valence-corrected chi connectivity index (χ3v) is 4.16. The van der Waals surface area contributed by atoms with Crippen molar-refractivity contribution in [3.63, 3.8) is 0 Å². The van der Waals surface area contributed by atoms with Crippen LogP contribution in [0, 0.1) is 0 Å². The SMILES string of the molecule is CCOC(=O)c1ncn(-c2c(Br)cc(Br)cc2Br)c1N. The molecule has 0 unspecified atom stereocenters. The van der Waals surface area contributed by atoms with Gasteiger partial charge in [0, 0.05) is 13.4 Å². The molecule has 1 aromatic heterocycles. The minimum atomic E-state index is -0.534. The number of carbonyl (C=O) groups is 1. The molecule has 0 aliphatic carbocycles. The smallest absolute Gasteiger partial charge is 0.360 e. The molecule has 106 valence electrons. The normalized spacial score (nSPS) is 10.6. The Morgan fingerprint density at radius 1 is 1.35 bits per heavy atom. The second-order valence-electron chi connectivity index (χ2n) is 3.79. The van der Waals surface area contributed by atoms with Gasteiger partial charge in [-0.05, 0) is 50.9 Å². The highest BCUT2D eigenvalue weighted by atomic mass is 79.9. The zero-order valence-electron chi connectivity index (χ0n) is 10.4. The van der Waals surface area contributed by atoms with Crippen molar-refractivity contribution in [2.45, 2.75) is 6.92 Å². The maximum atomic E-state index is 11.7. The molecule has 1 heterocycles. The molecule has 2 rings (SSSR count). The molecule has 0 aliphatic heterocycles. The fourth-order valence-corrected chi connectivity index (χ4v) is 4.30. The van der Waals surface area contributed by atoms with Gasteiger partial charge in [0.15, 0.2) is 5.69 Å². The summed E-state index contributed by atoms with van der Waals surface area (Å²) in [5.41, 5.74) is 6.85. The van der Waals surface area contributed by atoms with Gasteiger partial charge in [0.25, 0.3) is 0 Å². The first-order valence-electron chi connectivity index (χ1n) is 5.60. The Balaban J connectivity index is 2.53. The van der Waals surface area contributed by atoms with Gasteiger partial charge < -0.3 is 10.5 Å². The molecule has 0 atom stereocenters. The molecule has 0 radical (unpaired) electrons. The Hall–Kier alpha value is -0.860. The van der Waals surface area contributed by atoms with E-state index in [-0.39, 0.29) is 18.1 Å². The molecular formula is C12H10Br3N3O2. The van der Waals surface area contributed by atoms with Crippen LogP contribution < -0.4 is 5.73 Å². The topological polar surface area (TPSA) is 70.1 Å². The van der Waals surface area contributed by atoms with Gasteiger partial charge in [-0.25, -0.2) is 9.78 Å². The lowest BCUT2D eigenvalue weighted by Gasteiger charge is -2.11. The van der Waals surface area contributed by atoms with E-state index in [2.05, 4.69) is 52.8 Å². The minimum Gasteiger partial charge on any atom is -0.461 e. The summed E-state index contributed by atoms with van der Waals surface area (Å²) in [5, 5.41) is 0. The van der Waals surface area contributed by atoms with Crippen molar-refractivity contribution < 1.29 is 9.53 Å². The summed E-state index contributed by atoms with van der Waals surface area (Å²) in [7, 11) is 0. The summed E-state index contributed by atoms with van der Waals surface area (Å²) >= 11 is 10.3. The highest BCUT2D eigenvalue weighted by Crippen LogP contribution is 2.34. The van der Waals surface area contributed by atoms with Crippen LogP contribution in [0.1, 0.15) is 17.4 Å². The van der Waals surface area contributed by atoms with Crippen LogP contribution in [0.15, 0.2) is 31.9 Å². The van der Waals surface area contributed by atoms with E-state index in [1.807, 2.05) is 12.1 Å². The maximum absolute atomic E-state index is 11.7. The predicted molar refractivity (Wildman–Crippen MR) is 87.0 cm³/mol. The van der Waals surface area contributed by atoms with Crippen molar-refractivity contribution in [2.24, 2.45) is 0 Å². The Morgan fingerprint density at radius 2 is 1.95 bits per heavy atom. The number of esters is 1. The van der Waals surface area contributed by atoms with Gasteiger partial charge in [-0.1, -0.05) is 15.9 Å². The average Bonchev–Trinajstić information content (AvgIpc) is 2.71. The lowest BCUT2D eigenvalue weighted by molar-refractivity contribution is 0.0521. The molecule has 0 saturated carbocycles. The van der Waals surface area contributed by atoms with E-state index in [0.29, 0.717) is 0 Å². The first-order valence-corrected chi connectivity index (χ1v) is 7.98. The molecule has 20 heavy (non-hydrogen) atoms. The van der Waals surface area contributed by atoms with Crippen LogP contribution in [0.2, 0.25) is 0 Å². The van der Waals surface area contributed by atoms with E-state index >= 15 is 0 Å². The lowest BCUT2D eigenvalue weighted by atomic mass is 10.3. The highest BCUT2D eigenvalue weighted by Gasteiger charge is 2.20. The Labute approximate surface area is 140 Å². The monoisotopic (exact) mass is 465 g/mol. The molecule has 2 N–H and O–H groups in total. The van der Waals surface area contributed by atoms with Crippen LogP contribution in [-0.2, 0) is 4.74 Å². The largest absolute Gasteiger partial charge is 0.461 e. The second kappa shape index (κ2) is 6.28. The van der Waals surface area contributed by atoms with Crippen LogP contribution in [0.3, 0.4) is 0 Å². The number of ether oxygens (including phenoxy) is 1. The quantitative estimate of drug-likeness (QED) is 0.695. The van der Waals surface area contributed by atoms with Gasteiger partial charge in [0.05, 0.1) is 12.3 Å². The van der Waals surface area contributed by atoms with Crippen molar-refractivity contribution >= 4 is 59.6 Å². The number of nitrogens with two attached hydrogens (primary N) is 1. The predicted octanol–water partition coefficient (Wildman–Crippen LogP) is 3.92. The fourth-order valence-electron chi connectivity index (χ4n) is 1.66. The van der Waals surface area contributed by atoms with Crippen LogP contribution in [0.25, 0.3) is 5.69 Å². The van der Waals surface area contributed by atoms with Crippen LogP contribution in [0.4, 0.5) is 5.82 Å². The second-order valence-corrected chi connectivity index (χ2v) is 6.41. The zero-order valence-corrected chi connectivity index (χ0v) is 15.1. The van der Waals surface area contributed by atoms with Crippen molar-refractivity contribution in [3.05, 3.63) is 37.6 Å². The number of benzene rings is 1. The summed E-state index contributed by atoms with van der Waals surface area (Å²) in [4.78, 5) is 15.8. The number of nitrogens with zero attached hydrogens (tertiary/aromatic N) is 2. The van der Waals surface area contributed by atoms with E-state index in [1.54, 1.807) is 11.5 Å². The molecule has 8 heteroatoms. The molecule has 0 spiro atoms. The number of rotatable bonds is 3. The number of halogens is 3. The van der Waals surface area contributed by atoms with E-state index in [9.17, 15) is 4.79 Å². The zero-order chi connectivity index (χ0) is 14.9. The Bertz CT molecular complexity index is 647. The van der Waals surface area contributed by atoms with Crippen molar-refractivity contribution in [3.8, 4) is 5.69 Å². The van der Waals surface area contributed by atoms with Crippen molar-refractivity contribution in [2.75, 3.05) is 12.3 Å². The highest BCUT2D eigenvalue weighted by molar-refractivity contribution is 9.11. The number of nitrogen functional groups attached to an aromatic ring is 1. The molecule has 5 nitrogen and oxygen atoms in total. The molecule has 0 fully saturated rings. The first kappa shape index (κ1) is 15.5. The number of anilines is 1. The number of aromatic nitrogens is 2. The maximum Gasteiger partial charge on any atom is 0.360 e. The van der Waals surface area contributed by atoms with E-state index in [4.69, 9.17) is 10.5 Å². The van der Waals surface area contributed by atoms with Gasteiger partial charge in [-0.3, -0.25) is 4.57 Å². The third-order valence-electron chi connectivity index (χ3n) is 2.50. The van der Waals surface area contributed by atoms with Gasteiger partial charge in [-0.2, -0.15) is 0 Å².